The first kappa shape index (κ1) is 14.9. The van der Waals surface area contributed by atoms with Crippen LogP contribution in [0.3, 0.4) is 0 Å². The maximum atomic E-state index is 4.29. The molecule has 0 aliphatic carbocycles. The monoisotopic (exact) mass is 339 g/mol. The Morgan fingerprint density at radius 3 is 3.08 bits per heavy atom. The van der Waals surface area contributed by atoms with Gasteiger partial charge in [-0.3, -0.25) is 0 Å². The highest BCUT2D eigenvalue weighted by Gasteiger charge is 2.10. The lowest BCUT2D eigenvalue weighted by Gasteiger charge is -2.05. The number of fused-ring (bicyclic) bond motifs is 2. The van der Waals surface area contributed by atoms with E-state index in [9.17, 15) is 0 Å². The van der Waals surface area contributed by atoms with Crippen molar-refractivity contribution in [3.8, 4) is 0 Å². The minimum atomic E-state index is 0.719. The van der Waals surface area contributed by atoms with Gasteiger partial charge in [-0.25, -0.2) is 14.6 Å². The van der Waals surface area contributed by atoms with Crippen LogP contribution >= 0.6 is 11.8 Å². The van der Waals surface area contributed by atoms with Crippen LogP contribution < -0.4 is 5.32 Å². The first-order valence-corrected chi connectivity index (χ1v) is 8.82. The van der Waals surface area contributed by atoms with E-state index in [0.29, 0.717) is 0 Å². The average Bonchev–Trinajstić information content (AvgIpc) is 3.23. The van der Waals surface area contributed by atoms with E-state index in [4.69, 9.17) is 0 Å². The van der Waals surface area contributed by atoms with Crippen LogP contribution in [0.15, 0.2) is 41.7 Å². The van der Waals surface area contributed by atoms with Gasteiger partial charge >= 0.3 is 0 Å². The van der Waals surface area contributed by atoms with E-state index in [1.165, 1.54) is 15.8 Å². The fourth-order valence-corrected chi connectivity index (χ4v) is 3.53. The van der Waals surface area contributed by atoms with Crippen LogP contribution in [0.1, 0.15) is 6.92 Å². The van der Waals surface area contributed by atoms with E-state index < -0.39 is 0 Å². The first-order valence-electron chi connectivity index (χ1n) is 7.84. The third kappa shape index (κ3) is 2.69. The molecule has 0 aliphatic heterocycles. The second-order valence-corrected chi connectivity index (χ2v) is 6.41. The number of hydrogen-bond donors (Lipinski definition) is 2. The Morgan fingerprint density at radius 1 is 1.25 bits per heavy atom. The Hall–Kier alpha value is -2.61. The van der Waals surface area contributed by atoms with E-state index in [0.717, 1.165) is 35.8 Å². The minimum Gasteiger partial charge on any atom is -0.367 e. The summed E-state index contributed by atoms with van der Waals surface area (Å²) >= 11 is 1.81. The van der Waals surface area contributed by atoms with E-state index in [2.05, 4.69) is 55.0 Å². The molecule has 3 heterocycles. The molecule has 4 aromatic rings. The van der Waals surface area contributed by atoms with Gasteiger partial charge in [-0.05, 0) is 13.0 Å². The van der Waals surface area contributed by atoms with Crippen LogP contribution in [0, 0.1) is 0 Å². The van der Waals surface area contributed by atoms with Crippen molar-refractivity contribution < 1.29 is 0 Å². The zero-order chi connectivity index (χ0) is 16.4. The molecule has 0 unspecified atom stereocenters. The van der Waals surface area contributed by atoms with Gasteiger partial charge in [0.2, 0.25) is 0 Å². The fourth-order valence-electron chi connectivity index (χ4n) is 2.63. The number of benzene rings is 1. The Bertz CT molecular complexity index is 975. The molecular weight excluding hydrogens is 322 g/mol. The molecule has 7 nitrogen and oxygen atoms in total. The lowest BCUT2D eigenvalue weighted by Crippen LogP contribution is -2.06. The zero-order valence-electron chi connectivity index (χ0n) is 13.2. The van der Waals surface area contributed by atoms with Crippen molar-refractivity contribution >= 4 is 39.6 Å². The highest BCUT2D eigenvalue weighted by molar-refractivity contribution is 7.99. The van der Waals surface area contributed by atoms with Gasteiger partial charge in [0.05, 0.1) is 0 Å². The van der Waals surface area contributed by atoms with E-state index in [1.807, 2.05) is 24.8 Å². The number of para-hydroxylation sites is 1. The molecule has 2 N–H and O–H groups in total. The second kappa shape index (κ2) is 6.48. The first-order chi connectivity index (χ1) is 11.9. The molecule has 8 heteroatoms. The minimum absolute atomic E-state index is 0.719. The van der Waals surface area contributed by atoms with Crippen LogP contribution in [0.25, 0.3) is 22.1 Å². The number of aromatic amines is 1. The molecular formula is C16H17N7S. The van der Waals surface area contributed by atoms with E-state index in [-0.39, 0.29) is 0 Å². The largest absolute Gasteiger partial charge is 0.367 e. The van der Waals surface area contributed by atoms with Crippen molar-refractivity contribution in [2.75, 3.05) is 17.6 Å². The van der Waals surface area contributed by atoms with Crippen LogP contribution in [0.4, 0.5) is 5.82 Å². The molecule has 0 spiro atoms. The predicted octanol–water partition coefficient (Wildman–Crippen LogP) is 2.93. The third-order valence-corrected chi connectivity index (χ3v) is 4.86. The molecule has 0 saturated carbocycles. The number of hydrogen-bond acceptors (Lipinski definition) is 6. The summed E-state index contributed by atoms with van der Waals surface area (Å²) in [7, 11) is 0. The summed E-state index contributed by atoms with van der Waals surface area (Å²) in [5, 5.41) is 12.9. The summed E-state index contributed by atoms with van der Waals surface area (Å²) in [4.78, 5) is 13.1. The molecule has 4 rings (SSSR count). The molecule has 0 fully saturated rings. The van der Waals surface area contributed by atoms with Gasteiger partial charge in [0.25, 0.3) is 0 Å². The number of anilines is 1. The molecule has 0 amide bonds. The molecule has 24 heavy (non-hydrogen) atoms. The highest BCUT2D eigenvalue weighted by atomic mass is 32.2. The van der Waals surface area contributed by atoms with Crippen molar-refractivity contribution in [3.63, 3.8) is 0 Å². The second-order valence-electron chi connectivity index (χ2n) is 5.27. The molecule has 0 saturated heterocycles. The summed E-state index contributed by atoms with van der Waals surface area (Å²) in [5.41, 5.74) is 2.65. The lowest BCUT2D eigenvalue weighted by atomic mass is 10.2. The zero-order valence-corrected chi connectivity index (χ0v) is 14.0. The fraction of sp³-hybridized carbons (Fsp3) is 0.250. The normalized spacial score (nSPS) is 11.4. The molecule has 0 aliphatic rings. The molecule has 122 valence electrons. The number of H-pyrrole nitrogens is 1. The van der Waals surface area contributed by atoms with Gasteiger partial charge in [0.1, 0.15) is 6.33 Å². The Morgan fingerprint density at radius 2 is 2.17 bits per heavy atom. The van der Waals surface area contributed by atoms with Crippen molar-refractivity contribution in [2.24, 2.45) is 0 Å². The van der Waals surface area contributed by atoms with Gasteiger partial charge in [0, 0.05) is 40.8 Å². The Kier molecular flexibility index (Phi) is 4.04. The van der Waals surface area contributed by atoms with Crippen molar-refractivity contribution in [1.82, 2.24) is 29.9 Å². The van der Waals surface area contributed by atoms with Crippen molar-refractivity contribution in [2.45, 2.75) is 18.4 Å². The van der Waals surface area contributed by atoms with Crippen LogP contribution in [0.5, 0.6) is 0 Å². The molecule has 0 radical (unpaired) electrons. The average molecular weight is 339 g/mol. The summed E-state index contributed by atoms with van der Waals surface area (Å²) in [6.45, 7) is 3.54. The smallest absolute Gasteiger partial charge is 0.183 e. The summed E-state index contributed by atoms with van der Waals surface area (Å²) in [6.07, 6.45) is 3.61. The summed E-state index contributed by atoms with van der Waals surface area (Å²) < 4.78 is 1.77. The number of aryl methyl sites for hydroxylation is 1. The van der Waals surface area contributed by atoms with Crippen LogP contribution in [-0.2, 0) is 6.54 Å². The maximum absolute atomic E-state index is 4.29. The number of aromatic nitrogens is 6. The number of nitrogens with one attached hydrogen (secondary N) is 2. The van der Waals surface area contributed by atoms with E-state index in [1.54, 1.807) is 11.0 Å². The van der Waals surface area contributed by atoms with Gasteiger partial charge < -0.3 is 10.3 Å². The van der Waals surface area contributed by atoms with Gasteiger partial charge in [-0.15, -0.1) is 16.9 Å². The molecule has 0 atom stereocenters. The SMILES string of the molecule is CCn1nnc2c(NCCSc3c[nH]c4ccccc34)ncnc21. The third-order valence-electron chi connectivity index (χ3n) is 3.80. The van der Waals surface area contributed by atoms with Crippen LogP contribution in [-0.4, -0.2) is 42.2 Å². The Labute approximate surface area is 142 Å². The topological polar surface area (TPSA) is 84.3 Å². The molecule has 0 bridgehead atoms. The highest BCUT2D eigenvalue weighted by Crippen LogP contribution is 2.27. The number of rotatable bonds is 6. The van der Waals surface area contributed by atoms with Crippen molar-refractivity contribution in [1.29, 1.82) is 0 Å². The molecule has 3 aromatic heterocycles. The molecule has 1 aromatic carbocycles. The summed E-state index contributed by atoms with van der Waals surface area (Å²) in [5.74, 6) is 1.66. The number of nitrogens with zero attached hydrogens (tertiary/aromatic N) is 5. The van der Waals surface area contributed by atoms with Crippen LogP contribution in [0.2, 0.25) is 0 Å². The van der Waals surface area contributed by atoms with Gasteiger partial charge in [0.15, 0.2) is 17.0 Å². The van der Waals surface area contributed by atoms with Gasteiger partial charge in [-0.2, -0.15) is 0 Å². The predicted molar refractivity (Wildman–Crippen MR) is 96.3 cm³/mol. The Balaban J connectivity index is 1.42. The van der Waals surface area contributed by atoms with E-state index >= 15 is 0 Å². The van der Waals surface area contributed by atoms with Gasteiger partial charge in [-0.1, -0.05) is 23.4 Å². The maximum Gasteiger partial charge on any atom is 0.183 e. The number of thioether (sulfide) groups is 1. The summed E-state index contributed by atoms with van der Waals surface area (Å²) in [6, 6.07) is 8.33. The lowest BCUT2D eigenvalue weighted by molar-refractivity contribution is 0.641. The van der Waals surface area contributed by atoms with Crippen molar-refractivity contribution in [3.05, 3.63) is 36.8 Å². The standard InChI is InChI=1S/C16H17N7S/c1-2-23-16-14(21-22-23)15(19-10-20-16)17-7-8-24-13-9-18-12-6-4-3-5-11(12)13/h3-6,9-10,18H,2,7-8H2,1H3,(H,17,19,20). The quantitative estimate of drug-likeness (QED) is 0.415.